The summed E-state index contributed by atoms with van der Waals surface area (Å²) >= 11 is 0. The summed E-state index contributed by atoms with van der Waals surface area (Å²) in [6.07, 6.45) is -0.203. The smallest absolute Gasteiger partial charge is 0.433 e. The third kappa shape index (κ3) is 3.30. The summed E-state index contributed by atoms with van der Waals surface area (Å²) < 4.78 is 4.70. The van der Waals surface area contributed by atoms with Crippen LogP contribution in [0.3, 0.4) is 0 Å². The number of hydrogen-bond donors (Lipinski definition) is 1. The summed E-state index contributed by atoms with van der Waals surface area (Å²) in [4.78, 5) is 32.6. The maximum atomic E-state index is 11.6. The van der Waals surface area contributed by atoms with E-state index in [1.54, 1.807) is 0 Å². The second-order valence-corrected chi connectivity index (χ2v) is 3.27. The van der Waals surface area contributed by atoms with Gasteiger partial charge in [0.2, 0.25) is 0 Å². The Morgan fingerprint density at radius 3 is 2.65 bits per heavy atom. The number of furan rings is 1. The van der Waals surface area contributed by atoms with Gasteiger partial charge in [-0.1, -0.05) is 0 Å². The zero-order chi connectivity index (χ0) is 13.0. The highest BCUT2D eigenvalue weighted by Crippen LogP contribution is 2.16. The van der Waals surface area contributed by atoms with Crippen molar-refractivity contribution in [3.8, 4) is 0 Å². The fourth-order valence-corrected chi connectivity index (χ4v) is 1.09. The van der Waals surface area contributed by atoms with Gasteiger partial charge >= 0.3 is 11.9 Å². The minimum atomic E-state index is -1.03. The highest BCUT2D eigenvalue weighted by molar-refractivity contribution is 5.91. The predicted molar refractivity (Wildman–Crippen MR) is 54.6 cm³/mol. The maximum absolute atomic E-state index is 11.6. The molecule has 0 bridgehead atoms. The lowest BCUT2D eigenvalue weighted by Gasteiger charge is -2.13. The summed E-state index contributed by atoms with van der Waals surface area (Å²) in [7, 11) is 1.39. The van der Waals surface area contributed by atoms with Crippen molar-refractivity contribution in [2.24, 2.45) is 0 Å². The van der Waals surface area contributed by atoms with Gasteiger partial charge in [0, 0.05) is 13.6 Å². The fourth-order valence-electron chi connectivity index (χ4n) is 1.09. The molecule has 1 aromatic heterocycles. The molecule has 1 N–H and O–H groups in total. The van der Waals surface area contributed by atoms with Gasteiger partial charge < -0.3 is 14.4 Å². The standard InChI is InChI=1S/C9H10N2O6/c1-10(5-4-8(12)13)9(14)6-2-3-7(17-6)11(15)16/h2-3H,4-5H2,1H3,(H,12,13). The van der Waals surface area contributed by atoms with Crippen LogP contribution >= 0.6 is 0 Å². The van der Waals surface area contributed by atoms with E-state index in [-0.39, 0.29) is 18.7 Å². The molecular weight excluding hydrogens is 232 g/mol. The molecule has 0 aromatic carbocycles. The second kappa shape index (κ2) is 5.10. The first-order chi connectivity index (χ1) is 7.91. The number of carboxylic acids is 1. The number of nitrogens with zero attached hydrogens (tertiary/aromatic N) is 2. The Balaban J connectivity index is 2.68. The molecule has 0 spiro atoms. The lowest BCUT2D eigenvalue weighted by Crippen LogP contribution is -2.28. The SMILES string of the molecule is CN(CCC(=O)O)C(=O)c1ccc([N+](=O)[O-])o1. The third-order valence-electron chi connectivity index (χ3n) is 1.99. The molecule has 0 saturated carbocycles. The van der Waals surface area contributed by atoms with Crippen molar-refractivity contribution in [1.29, 1.82) is 0 Å². The minimum absolute atomic E-state index is 0.00264. The monoisotopic (exact) mass is 242 g/mol. The van der Waals surface area contributed by atoms with E-state index in [1.165, 1.54) is 13.1 Å². The van der Waals surface area contributed by atoms with E-state index in [0.717, 1.165) is 11.0 Å². The van der Waals surface area contributed by atoms with Gasteiger partial charge in [-0.3, -0.25) is 19.7 Å². The molecule has 0 atom stereocenters. The van der Waals surface area contributed by atoms with Gasteiger partial charge in [0.1, 0.15) is 4.92 Å². The maximum Gasteiger partial charge on any atom is 0.433 e. The van der Waals surface area contributed by atoms with Crippen LogP contribution in [0.4, 0.5) is 5.88 Å². The molecule has 8 nitrogen and oxygen atoms in total. The highest BCUT2D eigenvalue weighted by atomic mass is 16.6. The zero-order valence-electron chi connectivity index (χ0n) is 8.95. The summed E-state index contributed by atoms with van der Waals surface area (Å²) in [6.45, 7) is 0.00264. The molecule has 0 aliphatic heterocycles. The number of carbonyl (C=O) groups excluding carboxylic acids is 1. The molecule has 1 aromatic rings. The largest absolute Gasteiger partial charge is 0.481 e. The van der Waals surface area contributed by atoms with Gasteiger partial charge in [0.15, 0.2) is 5.76 Å². The van der Waals surface area contributed by atoms with Gasteiger partial charge in [-0.15, -0.1) is 0 Å². The minimum Gasteiger partial charge on any atom is -0.481 e. The average Bonchev–Trinajstić information content (AvgIpc) is 2.73. The number of aliphatic carboxylic acids is 1. The van der Waals surface area contributed by atoms with Crippen LogP contribution in [0.1, 0.15) is 17.0 Å². The molecule has 0 unspecified atom stereocenters. The molecule has 0 aliphatic rings. The van der Waals surface area contributed by atoms with Crippen molar-refractivity contribution in [3.05, 3.63) is 28.0 Å². The number of hydrogen-bond acceptors (Lipinski definition) is 5. The first kappa shape index (κ1) is 12.7. The number of carboxylic acid groups (broad SMARTS) is 1. The Bertz CT molecular complexity index is 452. The zero-order valence-corrected chi connectivity index (χ0v) is 8.95. The number of carbonyl (C=O) groups is 2. The molecule has 1 rings (SSSR count). The lowest BCUT2D eigenvalue weighted by atomic mass is 10.3. The van der Waals surface area contributed by atoms with Crippen LogP contribution in [0.2, 0.25) is 0 Å². The summed E-state index contributed by atoms with van der Waals surface area (Å²) in [5, 5.41) is 18.8. The highest BCUT2D eigenvalue weighted by Gasteiger charge is 2.20. The van der Waals surface area contributed by atoms with E-state index in [9.17, 15) is 19.7 Å². The average molecular weight is 242 g/mol. The van der Waals surface area contributed by atoms with Crippen molar-refractivity contribution < 1.29 is 24.0 Å². The second-order valence-electron chi connectivity index (χ2n) is 3.27. The Labute approximate surface area is 95.6 Å². The van der Waals surface area contributed by atoms with Gasteiger partial charge in [0.05, 0.1) is 12.5 Å². The molecule has 17 heavy (non-hydrogen) atoms. The van der Waals surface area contributed by atoms with E-state index in [0.29, 0.717) is 0 Å². The molecule has 0 radical (unpaired) electrons. The van der Waals surface area contributed by atoms with Crippen LogP contribution in [0.25, 0.3) is 0 Å². The van der Waals surface area contributed by atoms with Crippen molar-refractivity contribution in [1.82, 2.24) is 4.90 Å². The van der Waals surface area contributed by atoms with Crippen LogP contribution in [-0.4, -0.2) is 40.4 Å². The van der Waals surface area contributed by atoms with Gasteiger partial charge in [-0.05, 0) is 6.07 Å². The molecule has 0 aliphatic carbocycles. The lowest BCUT2D eigenvalue weighted by molar-refractivity contribution is -0.402. The molecule has 8 heteroatoms. The normalized spacial score (nSPS) is 9.94. The van der Waals surface area contributed by atoms with Gasteiger partial charge in [-0.2, -0.15) is 0 Å². The molecule has 0 fully saturated rings. The van der Waals surface area contributed by atoms with Crippen molar-refractivity contribution in [3.63, 3.8) is 0 Å². The molecular formula is C9H10N2O6. The van der Waals surface area contributed by atoms with E-state index in [1.807, 2.05) is 0 Å². The van der Waals surface area contributed by atoms with Gasteiger partial charge in [0.25, 0.3) is 5.91 Å². The first-order valence-corrected chi connectivity index (χ1v) is 4.63. The summed E-state index contributed by atoms with van der Waals surface area (Å²) in [5.41, 5.74) is 0. The van der Waals surface area contributed by atoms with Crippen LogP contribution in [0.15, 0.2) is 16.5 Å². The van der Waals surface area contributed by atoms with Crippen LogP contribution in [0.5, 0.6) is 0 Å². The number of amides is 1. The topological polar surface area (TPSA) is 114 Å². The predicted octanol–water partition coefficient (Wildman–Crippen LogP) is 0.734. The van der Waals surface area contributed by atoms with Crippen LogP contribution < -0.4 is 0 Å². The Kier molecular flexibility index (Phi) is 3.81. The molecule has 0 saturated heterocycles. The number of rotatable bonds is 5. The fraction of sp³-hybridized carbons (Fsp3) is 0.333. The Hall–Kier alpha value is -2.38. The van der Waals surface area contributed by atoms with Crippen molar-refractivity contribution in [2.75, 3.05) is 13.6 Å². The van der Waals surface area contributed by atoms with Crippen molar-refractivity contribution in [2.45, 2.75) is 6.42 Å². The van der Waals surface area contributed by atoms with Gasteiger partial charge in [-0.25, -0.2) is 0 Å². The quantitative estimate of drug-likeness (QED) is 0.601. The Morgan fingerprint density at radius 1 is 1.53 bits per heavy atom. The van der Waals surface area contributed by atoms with E-state index < -0.39 is 22.7 Å². The first-order valence-electron chi connectivity index (χ1n) is 4.63. The Morgan fingerprint density at radius 2 is 2.18 bits per heavy atom. The van der Waals surface area contributed by atoms with E-state index in [2.05, 4.69) is 0 Å². The number of nitro groups is 1. The molecule has 1 amide bonds. The van der Waals surface area contributed by atoms with E-state index >= 15 is 0 Å². The molecule has 92 valence electrons. The van der Waals surface area contributed by atoms with Crippen molar-refractivity contribution >= 4 is 17.8 Å². The third-order valence-corrected chi connectivity index (χ3v) is 1.99. The summed E-state index contributed by atoms with van der Waals surface area (Å²) in [5.74, 6) is -2.35. The van der Waals surface area contributed by atoms with Crippen LogP contribution in [0, 0.1) is 10.1 Å². The van der Waals surface area contributed by atoms with Crippen LogP contribution in [-0.2, 0) is 4.79 Å². The van der Waals surface area contributed by atoms with E-state index in [4.69, 9.17) is 9.52 Å². The molecule has 1 heterocycles. The summed E-state index contributed by atoms with van der Waals surface area (Å²) in [6, 6.07) is 2.25.